The number of carbonyl (C=O) groups is 2. The number of carbonyl (C=O) groups excluding carboxylic acids is 2. The molecule has 2 aromatic rings. The van der Waals surface area contributed by atoms with Gasteiger partial charge in [0.15, 0.2) is 0 Å². The summed E-state index contributed by atoms with van der Waals surface area (Å²) in [7, 11) is 0. The van der Waals surface area contributed by atoms with Crippen LogP contribution in [0.3, 0.4) is 0 Å². The van der Waals surface area contributed by atoms with Crippen molar-refractivity contribution in [1.29, 1.82) is 0 Å². The second-order valence-corrected chi connectivity index (χ2v) is 9.15. The normalized spacial score (nSPS) is 21.2. The first kappa shape index (κ1) is 21.0. The maximum atomic E-state index is 13.3. The molecule has 0 unspecified atom stereocenters. The first-order chi connectivity index (χ1) is 15.4. The van der Waals surface area contributed by atoms with Crippen molar-refractivity contribution in [2.24, 2.45) is 5.41 Å². The number of aryl methyl sites for hydroxylation is 1. The molecular weight excluding hydrogens is 408 g/mol. The second-order valence-electron chi connectivity index (χ2n) is 9.15. The standard InChI is InChI=1S/C24H28N4O4/c1-15-17(3-4-18-19(15)14-32-22(18)30)20(29)13-27-10-6-24(7-11-27)8-12-28(23(24)31)21-5-9-25-16(2)26-21/h3-5,9,20,29H,6-8,10-14H2,1-2H3/t20-/m0/s1. The summed E-state index contributed by atoms with van der Waals surface area (Å²) in [6.07, 6.45) is 3.45. The lowest BCUT2D eigenvalue weighted by molar-refractivity contribution is -0.128. The largest absolute Gasteiger partial charge is 0.457 e. The number of β-amino-alcohol motifs (C(OH)–C–C–N with tert-alkyl or cyclic N) is 1. The molecule has 0 aliphatic carbocycles. The highest BCUT2D eigenvalue weighted by molar-refractivity contribution is 5.99. The summed E-state index contributed by atoms with van der Waals surface area (Å²) in [6.45, 7) is 6.77. The minimum absolute atomic E-state index is 0.162. The van der Waals surface area contributed by atoms with Crippen molar-refractivity contribution in [2.45, 2.75) is 45.8 Å². The van der Waals surface area contributed by atoms with E-state index in [0.29, 0.717) is 30.3 Å². The maximum absolute atomic E-state index is 13.3. The van der Waals surface area contributed by atoms with Gasteiger partial charge in [0.05, 0.1) is 17.1 Å². The van der Waals surface area contributed by atoms with Crippen LogP contribution in [0.1, 0.15) is 58.2 Å². The second kappa shape index (κ2) is 7.94. The lowest BCUT2D eigenvalue weighted by Crippen LogP contribution is -2.45. The summed E-state index contributed by atoms with van der Waals surface area (Å²) in [5.74, 6) is 1.22. The van der Waals surface area contributed by atoms with E-state index < -0.39 is 6.10 Å². The van der Waals surface area contributed by atoms with E-state index in [2.05, 4.69) is 14.9 Å². The highest BCUT2D eigenvalue weighted by Gasteiger charge is 2.49. The highest BCUT2D eigenvalue weighted by atomic mass is 16.5. The van der Waals surface area contributed by atoms with Gasteiger partial charge in [-0.15, -0.1) is 0 Å². The zero-order valence-electron chi connectivity index (χ0n) is 18.5. The average molecular weight is 437 g/mol. The van der Waals surface area contributed by atoms with Crippen LogP contribution < -0.4 is 4.90 Å². The van der Waals surface area contributed by atoms with E-state index >= 15 is 0 Å². The van der Waals surface area contributed by atoms with Crippen LogP contribution >= 0.6 is 0 Å². The fourth-order valence-electron chi connectivity index (χ4n) is 5.33. The van der Waals surface area contributed by atoms with E-state index in [1.54, 1.807) is 23.2 Å². The molecule has 1 amide bonds. The predicted octanol–water partition coefficient (Wildman–Crippen LogP) is 2.32. The number of cyclic esters (lactones) is 1. The number of anilines is 1. The lowest BCUT2D eigenvalue weighted by Gasteiger charge is -2.38. The van der Waals surface area contributed by atoms with E-state index in [1.165, 1.54) is 0 Å². The summed E-state index contributed by atoms with van der Waals surface area (Å²) in [5.41, 5.74) is 2.91. The number of nitrogens with zero attached hydrogens (tertiary/aromatic N) is 4. The molecule has 1 atom stereocenters. The zero-order valence-corrected chi connectivity index (χ0v) is 18.5. The third-order valence-corrected chi connectivity index (χ3v) is 7.36. The number of fused-ring (bicyclic) bond motifs is 1. The molecule has 32 heavy (non-hydrogen) atoms. The van der Waals surface area contributed by atoms with Gasteiger partial charge in [-0.05, 0) is 69.5 Å². The first-order valence-corrected chi connectivity index (χ1v) is 11.2. The highest BCUT2D eigenvalue weighted by Crippen LogP contribution is 2.43. The van der Waals surface area contributed by atoms with E-state index in [0.717, 1.165) is 49.0 Å². The molecule has 3 aliphatic rings. The van der Waals surface area contributed by atoms with Crippen LogP contribution in [0, 0.1) is 19.3 Å². The molecule has 2 fully saturated rings. The van der Waals surface area contributed by atoms with Crippen molar-refractivity contribution in [1.82, 2.24) is 14.9 Å². The summed E-state index contributed by atoms with van der Waals surface area (Å²) in [5, 5.41) is 10.9. The Morgan fingerprint density at radius 1 is 1.12 bits per heavy atom. The van der Waals surface area contributed by atoms with E-state index in [1.807, 2.05) is 19.9 Å². The molecule has 2 saturated heterocycles. The van der Waals surface area contributed by atoms with Gasteiger partial charge in [-0.2, -0.15) is 0 Å². The van der Waals surface area contributed by atoms with Gasteiger partial charge in [0.1, 0.15) is 18.2 Å². The summed E-state index contributed by atoms with van der Waals surface area (Å²) in [6, 6.07) is 5.38. The van der Waals surface area contributed by atoms with Crippen molar-refractivity contribution in [3.8, 4) is 0 Å². The topological polar surface area (TPSA) is 95.9 Å². The van der Waals surface area contributed by atoms with Gasteiger partial charge >= 0.3 is 5.97 Å². The molecular formula is C24H28N4O4. The molecule has 168 valence electrons. The number of rotatable bonds is 4. The number of aliphatic hydroxyl groups is 1. The Kier molecular flexibility index (Phi) is 5.22. The fraction of sp³-hybridized carbons (Fsp3) is 0.500. The molecule has 1 aromatic heterocycles. The summed E-state index contributed by atoms with van der Waals surface area (Å²) >= 11 is 0. The number of piperidine rings is 1. The SMILES string of the molecule is Cc1nccc(N2CCC3(CCN(C[C@H](O)c4ccc5c(c4C)COC5=O)CC3)C2=O)n1. The number of hydrogen-bond donors (Lipinski definition) is 1. The number of hydrogen-bond acceptors (Lipinski definition) is 7. The molecule has 1 spiro atoms. The summed E-state index contributed by atoms with van der Waals surface area (Å²) < 4.78 is 5.12. The van der Waals surface area contributed by atoms with Gasteiger partial charge in [-0.25, -0.2) is 14.8 Å². The Hall–Kier alpha value is -2.84. The third-order valence-electron chi connectivity index (χ3n) is 7.36. The lowest BCUT2D eigenvalue weighted by atomic mass is 9.77. The first-order valence-electron chi connectivity index (χ1n) is 11.2. The molecule has 0 saturated carbocycles. The van der Waals surface area contributed by atoms with Crippen LogP contribution in [-0.4, -0.2) is 58.0 Å². The van der Waals surface area contributed by atoms with Gasteiger partial charge in [0.2, 0.25) is 5.91 Å². The Morgan fingerprint density at radius 2 is 1.88 bits per heavy atom. The molecule has 0 bridgehead atoms. The Balaban J connectivity index is 1.23. The molecule has 3 aliphatic heterocycles. The van der Waals surface area contributed by atoms with Gasteiger partial charge in [0, 0.05) is 24.8 Å². The molecule has 1 aromatic carbocycles. The van der Waals surface area contributed by atoms with Crippen LogP contribution in [0.15, 0.2) is 24.4 Å². The Labute approximate surface area is 187 Å². The number of amides is 1. The monoisotopic (exact) mass is 436 g/mol. The number of aromatic nitrogens is 2. The fourth-order valence-corrected chi connectivity index (χ4v) is 5.33. The van der Waals surface area contributed by atoms with Gasteiger partial charge in [0.25, 0.3) is 0 Å². The van der Waals surface area contributed by atoms with Crippen molar-refractivity contribution < 1.29 is 19.4 Å². The zero-order chi connectivity index (χ0) is 22.5. The molecule has 5 rings (SSSR count). The van der Waals surface area contributed by atoms with Crippen LogP contribution in [0.2, 0.25) is 0 Å². The average Bonchev–Trinajstić information content (AvgIpc) is 3.31. The van der Waals surface area contributed by atoms with Gasteiger partial charge in [-0.1, -0.05) is 6.07 Å². The Morgan fingerprint density at radius 3 is 2.62 bits per heavy atom. The van der Waals surface area contributed by atoms with E-state index in [9.17, 15) is 14.7 Å². The van der Waals surface area contributed by atoms with Crippen molar-refractivity contribution in [2.75, 3.05) is 31.1 Å². The third kappa shape index (κ3) is 3.47. The molecule has 4 heterocycles. The quantitative estimate of drug-likeness (QED) is 0.735. The van der Waals surface area contributed by atoms with Crippen molar-refractivity contribution in [3.05, 3.63) is 52.5 Å². The molecule has 8 nitrogen and oxygen atoms in total. The molecule has 8 heteroatoms. The maximum Gasteiger partial charge on any atom is 0.338 e. The van der Waals surface area contributed by atoms with E-state index in [4.69, 9.17) is 4.74 Å². The van der Waals surface area contributed by atoms with Crippen LogP contribution in [0.25, 0.3) is 0 Å². The number of aliphatic hydroxyl groups excluding tert-OH is 1. The number of esters is 1. The number of likely N-dealkylation sites (tertiary alicyclic amines) is 1. The minimum Gasteiger partial charge on any atom is -0.457 e. The van der Waals surface area contributed by atoms with E-state index in [-0.39, 0.29) is 23.9 Å². The van der Waals surface area contributed by atoms with Crippen LogP contribution in [0.4, 0.5) is 5.82 Å². The van der Waals surface area contributed by atoms with Gasteiger partial charge < -0.3 is 14.7 Å². The smallest absolute Gasteiger partial charge is 0.338 e. The predicted molar refractivity (Wildman–Crippen MR) is 117 cm³/mol. The molecule has 1 N–H and O–H groups in total. The molecule has 0 radical (unpaired) electrons. The Bertz CT molecular complexity index is 1080. The van der Waals surface area contributed by atoms with Crippen molar-refractivity contribution in [3.63, 3.8) is 0 Å². The van der Waals surface area contributed by atoms with Crippen molar-refractivity contribution >= 4 is 17.7 Å². The minimum atomic E-state index is -0.648. The van der Waals surface area contributed by atoms with Gasteiger partial charge in [-0.3, -0.25) is 9.69 Å². The van der Waals surface area contributed by atoms with Crippen LogP contribution in [0.5, 0.6) is 0 Å². The number of ether oxygens (including phenoxy) is 1. The summed E-state index contributed by atoms with van der Waals surface area (Å²) in [4.78, 5) is 37.6. The van der Waals surface area contributed by atoms with Crippen LogP contribution in [-0.2, 0) is 16.1 Å². The number of benzene rings is 1.